The highest BCUT2D eigenvalue weighted by Crippen LogP contribution is 2.23. The van der Waals surface area contributed by atoms with Crippen LogP contribution < -0.4 is 20.9 Å². The zero-order valence-corrected chi connectivity index (χ0v) is 18.3. The van der Waals surface area contributed by atoms with Crippen LogP contribution in [0.15, 0.2) is 65.1 Å². The fraction of sp³-hybridized carbons (Fsp3) is 0.208. The Labute approximate surface area is 186 Å². The van der Waals surface area contributed by atoms with Gasteiger partial charge in [-0.05, 0) is 42.0 Å². The predicted molar refractivity (Wildman–Crippen MR) is 122 cm³/mol. The molecular weight excluding hydrogens is 408 g/mol. The molecule has 0 spiro atoms. The summed E-state index contributed by atoms with van der Waals surface area (Å²) in [5, 5.41) is 7.85. The molecule has 0 unspecified atom stereocenters. The van der Waals surface area contributed by atoms with Crippen molar-refractivity contribution in [3.63, 3.8) is 0 Å². The van der Waals surface area contributed by atoms with Gasteiger partial charge in [0.05, 0.1) is 6.54 Å². The smallest absolute Gasteiger partial charge is 0.287 e. The molecular formula is C24H26N4O4. The van der Waals surface area contributed by atoms with E-state index in [0.717, 1.165) is 16.8 Å². The van der Waals surface area contributed by atoms with Crippen LogP contribution in [0.4, 0.5) is 5.69 Å². The number of rotatable bonds is 8. The molecule has 3 amide bonds. The lowest BCUT2D eigenvalue weighted by molar-refractivity contribution is -0.119. The first kappa shape index (κ1) is 22.6. The minimum Gasteiger partial charge on any atom is -0.451 e. The number of carbonyl (C=O) groups excluding carboxylic acids is 3. The monoisotopic (exact) mass is 434 g/mol. The number of benzene rings is 2. The van der Waals surface area contributed by atoms with Gasteiger partial charge in [-0.25, -0.2) is 0 Å². The number of furan rings is 1. The normalized spacial score (nSPS) is 10.3. The van der Waals surface area contributed by atoms with Gasteiger partial charge in [0, 0.05) is 44.5 Å². The third kappa shape index (κ3) is 5.75. The zero-order valence-electron chi connectivity index (χ0n) is 18.3. The van der Waals surface area contributed by atoms with Gasteiger partial charge < -0.3 is 25.3 Å². The highest BCUT2D eigenvalue weighted by atomic mass is 16.3. The van der Waals surface area contributed by atoms with Gasteiger partial charge in [-0.15, -0.1) is 0 Å². The number of likely N-dealkylation sites (N-methyl/N-ethyl adjacent to an activating group) is 1. The Bertz CT molecular complexity index is 1120. The fourth-order valence-corrected chi connectivity index (χ4v) is 3.00. The quantitative estimate of drug-likeness (QED) is 0.505. The topological polar surface area (TPSA) is 104 Å². The minimum atomic E-state index is -0.469. The maximum absolute atomic E-state index is 12.5. The van der Waals surface area contributed by atoms with Crippen LogP contribution in [0, 0.1) is 0 Å². The standard InChI is InChI=1S/C24H26N4O4/c1-25-22(29)15-27-24(31)21-11-10-20(32-21)17-7-4-6-16(12-17)14-26-23(30)18-8-5-9-19(13-18)28(2)3/h4-13H,14-15H2,1-3H3,(H,25,29)(H,26,30)(H,27,31). The molecule has 3 rings (SSSR count). The van der Waals surface area contributed by atoms with Crippen LogP contribution in [0.2, 0.25) is 0 Å². The Morgan fingerprint density at radius 3 is 2.44 bits per heavy atom. The molecule has 8 nitrogen and oxygen atoms in total. The first-order valence-corrected chi connectivity index (χ1v) is 10.1. The molecule has 0 radical (unpaired) electrons. The maximum Gasteiger partial charge on any atom is 0.287 e. The van der Waals surface area contributed by atoms with E-state index in [1.807, 2.05) is 61.5 Å². The SMILES string of the molecule is CNC(=O)CNC(=O)c1ccc(-c2cccc(CNC(=O)c3cccc(N(C)C)c3)c2)o1. The van der Waals surface area contributed by atoms with Crippen molar-refractivity contribution in [1.82, 2.24) is 16.0 Å². The predicted octanol–water partition coefficient (Wildman–Crippen LogP) is 2.42. The molecule has 2 aromatic carbocycles. The van der Waals surface area contributed by atoms with E-state index in [1.165, 1.54) is 7.05 Å². The second-order valence-electron chi connectivity index (χ2n) is 7.35. The van der Waals surface area contributed by atoms with Gasteiger partial charge in [-0.3, -0.25) is 14.4 Å². The molecule has 0 fully saturated rings. The third-order valence-corrected chi connectivity index (χ3v) is 4.81. The van der Waals surface area contributed by atoms with Crippen molar-refractivity contribution < 1.29 is 18.8 Å². The van der Waals surface area contributed by atoms with E-state index in [9.17, 15) is 14.4 Å². The summed E-state index contributed by atoms with van der Waals surface area (Å²) < 4.78 is 5.65. The molecule has 0 saturated carbocycles. The highest BCUT2D eigenvalue weighted by molar-refractivity contribution is 5.95. The van der Waals surface area contributed by atoms with Gasteiger partial charge in [0.15, 0.2) is 5.76 Å². The number of amides is 3. The van der Waals surface area contributed by atoms with Crippen molar-refractivity contribution in [1.29, 1.82) is 0 Å². The maximum atomic E-state index is 12.5. The van der Waals surface area contributed by atoms with Crippen molar-refractivity contribution in [3.8, 4) is 11.3 Å². The lowest BCUT2D eigenvalue weighted by atomic mass is 10.1. The highest BCUT2D eigenvalue weighted by Gasteiger charge is 2.13. The van der Waals surface area contributed by atoms with Crippen molar-refractivity contribution in [2.45, 2.75) is 6.54 Å². The van der Waals surface area contributed by atoms with Gasteiger partial charge in [0.25, 0.3) is 11.8 Å². The van der Waals surface area contributed by atoms with Gasteiger partial charge in [0.2, 0.25) is 5.91 Å². The third-order valence-electron chi connectivity index (χ3n) is 4.81. The summed E-state index contributed by atoms with van der Waals surface area (Å²) in [5.41, 5.74) is 3.21. The van der Waals surface area contributed by atoms with Crippen LogP contribution in [0.1, 0.15) is 26.5 Å². The first-order chi connectivity index (χ1) is 15.4. The van der Waals surface area contributed by atoms with Crippen LogP contribution in [-0.2, 0) is 11.3 Å². The molecule has 0 aliphatic carbocycles. The number of nitrogens with one attached hydrogen (secondary N) is 3. The Morgan fingerprint density at radius 1 is 0.906 bits per heavy atom. The molecule has 0 aliphatic heterocycles. The molecule has 32 heavy (non-hydrogen) atoms. The summed E-state index contributed by atoms with van der Waals surface area (Å²) >= 11 is 0. The molecule has 0 bridgehead atoms. The van der Waals surface area contributed by atoms with Gasteiger partial charge in [0.1, 0.15) is 5.76 Å². The fourth-order valence-electron chi connectivity index (χ4n) is 3.00. The Balaban J connectivity index is 1.64. The first-order valence-electron chi connectivity index (χ1n) is 10.1. The second-order valence-corrected chi connectivity index (χ2v) is 7.35. The van der Waals surface area contributed by atoms with E-state index >= 15 is 0 Å². The summed E-state index contributed by atoms with van der Waals surface area (Å²) in [6.07, 6.45) is 0. The molecule has 0 atom stereocenters. The Morgan fingerprint density at radius 2 is 1.69 bits per heavy atom. The number of hydrogen-bond donors (Lipinski definition) is 3. The molecule has 166 valence electrons. The van der Waals surface area contributed by atoms with Crippen molar-refractivity contribution in [2.24, 2.45) is 0 Å². The second kappa shape index (κ2) is 10.3. The van der Waals surface area contributed by atoms with Crippen molar-refractivity contribution >= 4 is 23.4 Å². The van der Waals surface area contributed by atoms with Crippen LogP contribution >= 0.6 is 0 Å². The lowest BCUT2D eigenvalue weighted by Gasteiger charge is -2.13. The zero-order chi connectivity index (χ0) is 23.1. The molecule has 8 heteroatoms. The molecule has 1 aromatic heterocycles. The number of carbonyl (C=O) groups is 3. The molecule has 0 aliphatic rings. The molecule has 3 N–H and O–H groups in total. The largest absolute Gasteiger partial charge is 0.451 e. The van der Waals surface area contributed by atoms with Crippen LogP contribution in [0.3, 0.4) is 0 Å². The van der Waals surface area contributed by atoms with Crippen LogP contribution in [0.25, 0.3) is 11.3 Å². The number of nitrogens with zero attached hydrogens (tertiary/aromatic N) is 1. The Hall–Kier alpha value is -4.07. The van der Waals surface area contributed by atoms with E-state index < -0.39 is 5.91 Å². The summed E-state index contributed by atoms with van der Waals surface area (Å²) in [5.74, 6) is -0.297. The number of hydrogen-bond acceptors (Lipinski definition) is 5. The number of anilines is 1. The summed E-state index contributed by atoms with van der Waals surface area (Å²) in [7, 11) is 5.35. The van der Waals surface area contributed by atoms with E-state index in [4.69, 9.17) is 4.42 Å². The van der Waals surface area contributed by atoms with E-state index in [2.05, 4.69) is 16.0 Å². The van der Waals surface area contributed by atoms with E-state index in [0.29, 0.717) is 17.9 Å². The molecule has 3 aromatic rings. The molecule has 1 heterocycles. The van der Waals surface area contributed by atoms with E-state index in [-0.39, 0.29) is 24.1 Å². The van der Waals surface area contributed by atoms with Gasteiger partial charge >= 0.3 is 0 Å². The summed E-state index contributed by atoms with van der Waals surface area (Å²) in [6, 6.07) is 18.2. The van der Waals surface area contributed by atoms with Crippen molar-refractivity contribution in [2.75, 3.05) is 32.6 Å². The van der Waals surface area contributed by atoms with E-state index in [1.54, 1.807) is 18.2 Å². The Kier molecular flexibility index (Phi) is 7.28. The summed E-state index contributed by atoms with van der Waals surface area (Å²) in [6.45, 7) is 0.219. The van der Waals surface area contributed by atoms with Crippen molar-refractivity contribution in [3.05, 3.63) is 77.6 Å². The lowest BCUT2D eigenvalue weighted by Crippen LogP contribution is -2.34. The van der Waals surface area contributed by atoms with Crippen LogP contribution in [-0.4, -0.2) is 45.4 Å². The average molecular weight is 434 g/mol. The van der Waals surface area contributed by atoms with Gasteiger partial charge in [-0.1, -0.05) is 24.3 Å². The summed E-state index contributed by atoms with van der Waals surface area (Å²) in [4.78, 5) is 37.9. The average Bonchev–Trinajstić information content (AvgIpc) is 3.31. The van der Waals surface area contributed by atoms with Crippen LogP contribution in [0.5, 0.6) is 0 Å². The minimum absolute atomic E-state index is 0.114. The molecule has 0 saturated heterocycles. The van der Waals surface area contributed by atoms with Gasteiger partial charge in [-0.2, -0.15) is 0 Å².